The molecular weight excluding hydrogens is 334 g/mol. The molecule has 132 valence electrons. The topological polar surface area (TPSA) is 43.0 Å². The predicted molar refractivity (Wildman–Crippen MR) is 107 cm³/mol. The Bertz CT molecular complexity index is 1090. The Morgan fingerprint density at radius 3 is 2.37 bits per heavy atom. The second-order valence-corrected chi connectivity index (χ2v) is 6.66. The molecule has 0 bridgehead atoms. The molecule has 3 heterocycles. The van der Waals surface area contributed by atoms with E-state index in [1.54, 1.807) is 6.26 Å². The van der Waals surface area contributed by atoms with Gasteiger partial charge in [-0.25, -0.2) is 4.68 Å². The van der Waals surface area contributed by atoms with Gasteiger partial charge < -0.3 is 9.73 Å². The number of hydrogen-bond donors (Lipinski definition) is 1. The van der Waals surface area contributed by atoms with E-state index < -0.39 is 0 Å². The van der Waals surface area contributed by atoms with E-state index in [-0.39, 0.29) is 6.04 Å². The molecular formula is C23H19N3O. The number of fused-ring (bicyclic) bond motifs is 1. The van der Waals surface area contributed by atoms with Gasteiger partial charge in [0.15, 0.2) is 0 Å². The van der Waals surface area contributed by atoms with Crippen LogP contribution < -0.4 is 5.32 Å². The fourth-order valence-electron chi connectivity index (χ4n) is 3.68. The molecule has 27 heavy (non-hydrogen) atoms. The van der Waals surface area contributed by atoms with Crippen molar-refractivity contribution >= 4 is 11.5 Å². The highest BCUT2D eigenvalue weighted by atomic mass is 16.3. The van der Waals surface area contributed by atoms with Gasteiger partial charge in [0, 0.05) is 5.56 Å². The van der Waals surface area contributed by atoms with Gasteiger partial charge >= 0.3 is 0 Å². The highest BCUT2D eigenvalue weighted by Crippen LogP contribution is 2.40. The molecule has 1 N–H and O–H groups in total. The lowest BCUT2D eigenvalue weighted by atomic mass is 10.0. The minimum atomic E-state index is -0.00119. The van der Waals surface area contributed by atoms with Gasteiger partial charge in [-0.3, -0.25) is 0 Å². The molecule has 5 rings (SSSR count). The summed E-state index contributed by atoms with van der Waals surface area (Å²) in [5.74, 6) is 1.81. The Morgan fingerprint density at radius 2 is 1.67 bits per heavy atom. The highest BCUT2D eigenvalue weighted by molar-refractivity contribution is 5.86. The summed E-state index contributed by atoms with van der Waals surface area (Å²) >= 11 is 0. The third-order valence-electron chi connectivity index (χ3n) is 4.92. The van der Waals surface area contributed by atoms with E-state index in [0.29, 0.717) is 0 Å². The quantitative estimate of drug-likeness (QED) is 0.528. The number of furan rings is 1. The lowest BCUT2D eigenvalue weighted by molar-refractivity contribution is 0.547. The first-order chi connectivity index (χ1) is 13.3. The van der Waals surface area contributed by atoms with Crippen LogP contribution in [0.3, 0.4) is 0 Å². The molecule has 1 atom stereocenters. The maximum absolute atomic E-state index is 5.66. The molecule has 0 amide bonds. The molecule has 4 nitrogen and oxygen atoms in total. The molecule has 0 saturated carbocycles. The highest BCUT2D eigenvalue weighted by Gasteiger charge is 2.28. The van der Waals surface area contributed by atoms with Crippen molar-refractivity contribution in [1.82, 2.24) is 9.78 Å². The second kappa shape index (κ2) is 6.32. The number of benzene rings is 2. The van der Waals surface area contributed by atoms with Gasteiger partial charge in [-0.1, -0.05) is 60.7 Å². The van der Waals surface area contributed by atoms with Crippen LogP contribution in [0.4, 0.5) is 5.82 Å². The molecule has 1 aliphatic heterocycles. The van der Waals surface area contributed by atoms with Crippen LogP contribution in [0, 0.1) is 6.92 Å². The summed E-state index contributed by atoms with van der Waals surface area (Å²) < 4.78 is 7.73. The average Bonchev–Trinajstić information content (AvgIpc) is 3.36. The van der Waals surface area contributed by atoms with E-state index in [0.717, 1.165) is 34.1 Å². The van der Waals surface area contributed by atoms with Crippen molar-refractivity contribution in [3.63, 3.8) is 0 Å². The number of allylic oxidation sites excluding steroid dienone is 1. The number of aromatic nitrogens is 2. The van der Waals surface area contributed by atoms with Crippen LogP contribution in [0.15, 0.2) is 89.6 Å². The van der Waals surface area contributed by atoms with Crippen molar-refractivity contribution in [3.8, 4) is 11.1 Å². The van der Waals surface area contributed by atoms with E-state index in [2.05, 4.69) is 71.5 Å². The number of anilines is 1. The maximum Gasteiger partial charge on any atom is 0.149 e. The Labute approximate surface area is 157 Å². The summed E-state index contributed by atoms with van der Waals surface area (Å²) in [6.07, 6.45) is 3.87. The van der Waals surface area contributed by atoms with Crippen molar-refractivity contribution in [1.29, 1.82) is 0 Å². The fourth-order valence-corrected chi connectivity index (χ4v) is 3.68. The number of rotatable bonds is 3. The van der Waals surface area contributed by atoms with E-state index in [4.69, 9.17) is 9.52 Å². The average molecular weight is 353 g/mol. The molecule has 0 aliphatic carbocycles. The molecule has 0 fully saturated rings. The smallest absolute Gasteiger partial charge is 0.149 e. The number of nitrogens with zero attached hydrogens (tertiary/aromatic N) is 2. The first kappa shape index (κ1) is 15.7. The molecule has 0 radical (unpaired) electrons. The Kier molecular flexibility index (Phi) is 3.68. The summed E-state index contributed by atoms with van der Waals surface area (Å²) in [4.78, 5) is 0. The summed E-state index contributed by atoms with van der Waals surface area (Å²) in [5.41, 5.74) is 5.41. The van der Waals surface area contributed by atoms with Gasteiger partial charge in [-0.05, 0) is 36.3 Å². The third kappa shape index (κ3) is 2.66. The number of aryl methyl sites for hydroxylation is 1. The lowest BCUT2D eigenvalue weighted by Crippen LogP contribution is -2.19. The second-order valence-electron chi connectivity index (χ2n) is 6.66. The minimum Gasteiger partial charge on any atom is -0.463 e. The van der Waals surface area contributed by atoms with Crippen LogP contribution in [-0.4, -0.2) is 9.78 Å². The van der Waals surface area contributed by atoms with Gasteiger partial charge in [0.25, 0.3) is 0 Å². The Balaban J connectivity index is 1.72. The first-order valence-electron chi connectivity index (χ1n) is 9.03. The molecule has 0 spiro atoms. The zero-order chi connectivity index (χ0) is 18.2. The lowest BCUT2D eigenvalue weighted by Gasteiger charge is -2.25. The number of hydrogen-bond acceptors (Lipinski definition) is 3. The van der Waals surface area contributed by atoms with Crippen LogP contribution in [-0.2, 0) is 0 Å². The van der Waals surface area contributed by atoms with Crippen molar-refractivity contribution in [2.45, 2.75) is 13.0 Å². The van der Waals surface area contributed by atoms with Gasteiger partial charge in [-0.2, -0.15) is 5.10 Å². The summed E-state index contributed by atoms with van der Waals surface area (Å²) in [6, 6.07) is 24.7. The van der Waals surface area contributed by atoms with Gasteiger partial charge in [0.05, 0.1) is 23.7 Å². The van der Waals surface area contributed by atoms with Crippen molar-refractivity contribution in [2.24, 2.45) is 0 Å². The van der Waals surface area contributed by atoms with E-state index in [1.807, 2.05) is 24.3 Å². The van der Waals surface area contributed by atoms with Crippen LogP contribution in [0.5, 0.6) is 0 Å². The van der Waals surface area contributed by atoms with Crippen molar-refractivity contribution in [3.05, 3.63) is 102 Å². The third-order valence-corrected chi connectivity index (χ3v) is 4.92. The zero-order valence-electron chi connectivity index (χ0n) is 15.0. The van der Waals surface area contributed by atoms with Crippen LogP contribution in [0.2, 0.25) is 0 Å². The van der Waals surface area contributed by atoms with E-state index in [9.17, 15) is 0 Å². The van der Waals surface area contributed by atoms with E-state index in [1.165, 1.54) is 5.56 Å². The largest absolute Gasteiger partial charge is 0.463 e. The maximum atomic E-state index is 5.66. The molecule has 0 unspecified atom stereocenters. The summed E-state index contributed by atoms with van der Waals surface area (Å²) in [5, 5.41) is 8.43. The van der Waals surface area contributed by atoms with Gasteiger partial charge in [-0.15, -0.1) is 0 Å². The van der Waals surface area contributed by atoms with Crippen LogP contribution in [0.25, 0.3) is 16.8 Å². The van der Waals surface area contributed by atoms with Crippen LogP contribution >= 0.6 is 0 Å². The molecule has 4 heteroatoms. The Morgan fingerprint density at radius 1 is 0.926 bits per heavy atom. The van der Waals surface area contributed by atoms with Crippen molar-refractivity contribution in [2.75, 3.05) is 5.32 Å². The van der Waals surface area contributed by atoms with Gasteiger partial charge in [0.1, 0.15) is 11.6 Å². The molecule has 1 aliphatic rings. The molecule has 4 aromatic rings. The zero-order valence-corrected chi connectivity index (χ0v) is 15.0. The minimum absolute atomic E-state index is 0.00119. The monoisotopic (exact) mass is 353 g/mol. The van der Waals surface area contributed by atoms with Crippen molar-refractivity contribution < 1.29 is 4.42 Å². The fraction of sp³-hybridized carbons (Fsp3) is 0.0870. The summed E-state index contributed by atoms with van der Waals surface area (Å²) in [7, 11) is 0. The summed E-state index contributed by atoms with van der Waals surface area (Å²) in [6.45, 7) is 2.06. The number of nitrogens with one attached hydrogen (secondary N) is 1. The SMILES string of the molecule is Cc1nn2c(c1-c1ccccc1)NC(c1ccco1)=C[C@@H]2c1ccccc1. The first-order valence-corrected chi connectivity index (χ1v) is 9.03. The molecule has 2 aromatic carbocycles. The van der Waals surface area contributed by atoms with E-state index >= 15 is 0 Å². The Hall–Kier alpha value is -3.53. The standard InChI is InChI=1S/C23H19N3O/c1-16-22(18-11-6-3-7-12-18)23-24-19(21-13-8-14-27-21)15-20(26(23)25-16)17-9-4-2-5-10-17/h2-15,20,24H,1H3/t20-/m1/s1. The molecule has 2 aromatic heterocycles. The normalized spacial score (nSPS) is 15.7. The molecule has 0 saturated heterocycles. The van der Waals surface area contributed by atoms with Crippen LogP contribution in [0.1, 0.15) is 23.1 Å². The predicted octanol–water partition coefficient (Wildman–Crippen LogP) is 5.51. The van der Waals surface area contributed by atoms with Gasteiger partial charge in [0.2, 0.25) is 0 Å².